The van der Waals surface area contributed by atoms with E-state index < -0.39 is 21.6 Å². The van der Waals surface area contributed by atoms with Gasteiger partial charge in [-0.05, 0) is 12.8 Å². The average molecular weight is 316 g/mol. The van der Waals surface area contributed by atoms with Gasteiger partial charge in [-0.25, -0.2) is 9.59 Å². The van der Waals surface area contributed by atoms with Crippen LogP contribution in [-0.2, 0) is 19.3 Å². The van der Waals surface area contributed by atoms with Crippen LogP contribution in [0.5, 0.6) is 0 Å². The molecule has 0 aliphatic carbocycles. The van der Waals surface area contributed by atoms with E-state index in [2.05, 4.69) is 0 Å². The van der Waals surface area contributed by atoms with E-state index in [-0.39, 0.29) is 12.8 Å². The summed E-state index contributed by atoms with van der Waals surface area (Å²) in [6, 6.07) is 0. The number of carbonyl (C=O) groups excluding carboxylic acids is 2. The molecule has 126 valence electrons. The van der Waals surface area contributed by atoms with Crippen LogP contribution >= 0.6 is 0 Å². The molecule has 0 spiro atoms. The summed E-state index contributed by atoms with van der Waals surface area (Å²) in [5, 5.41) is 23.7. The van der Waals surface area contributed by atoms with Gasteiger partial charge in [0.1, 0.15) is 26.2 Å². The van der Waals surface area contributed by atoms with E-state index in [0.29, 0.717) is 39.0 Å². The Morgan fingerprint density at radius 2 is 1.05 bits per heavy atom. The van der Waals surface area contributed by atoms with Crippen molar-refractivity contribution in [3.8, 4) is 0 Å². The largest absolute Gasteiger partial charge is 0.589 e. The summed E-state index contributed by atoms with van der Waals surface area (Å²) in [6.45, 7) is 1.28. The second-order valence-electron chi connectivity index (χ2n) is 6.07. The van der Waals surface area contributed by atoms with Crippen molar-refractivity contribution in [1.82, 2.24) is 0 Å². The van der Waals surface area contributed by atoms with E-state index in [4.69, 9.17) is 9.68 Å². The van der Waals surface area contributed by atoms with Crippen molar-refractivity contribution < 1.29 is 28.9 Å². The van der Waals surface area contributed by atoms with Gasteiger partial charge in [0.25, 0.3) is 0 Å². The van der Waals surface area contributed by atoms with Gasteiger partial charge in [-0.3, -0.25) is 9.68 Å². The number of quaternary nitrogens is 2. The first-order chi connectivity index (χ1) is 10.4. The molecule has 0 radical (unpaired) electrons. The van der Waals surface area contributed by atoms with Gasteiger partial charge >= 0.3 is 11.9 Å². The minimum Gasteiger partial charge on any atom is -0.589 e. The summed E-state index contributed by atoms with van der Waals surface area (Å²) in [4.78, 5) is 31.2. The van der Waals surface area contributed by atoms with E-state index >= 15 is 0 Å². The van der Waals surface area contributed by atoms with E-state index in [9.17, 15) is 20.0 Å². The maximum absolute atomic E-state index is 11.9. The molecule has 0 unspecified atom stereocenters. The van der Waals surface area contributed by atoms with Crippen molar-refractivity contribution in [2.75, 3.05) is 26.2 Å². The molecule has 2 heterocycles. The molecule has 8 heteroatoms. The predicted molar refractivity (Wildman–Crippen MR) is 75.8 cm³/mol. The number of unbranched alkanes of at least 4 members (excludes halogenated alkanes) is 1. The van der Waals surface area contributed by atoms with Gasteiger partial charge in [0.05, 0.1) is 12.8 Å². The normalized spacial score (nSPS) is 22.5. The van der Waals surface area contributed by atoms with Gasteiger partial charge in [0, 0.05) is 25.7 Å². The minimum absolute atomic E-state index is 0.104. The first kappa shape index (κ1) is 17.1. The smallest absolute Gasteiger partial charge is 0.367 e. The lowest BCUT2D eigenvalue weighted by atomic mass is 10.2. The number of nitrogens with zero attached hydrogens (tertiary/aromatic N) is 2. The zero-order valence-electron chi connectivity index (χ0n) is 12.8. The topological polar surface area (TPSA) is 98.7 Å². The van der Waals surface area contributed by atoms with E-state index in [1.165, 1.54) is 0 Å². The third-order valence-electron chi connectivity index (χ3n) is 4.04. The molecule has 0 amide bonds. The van der Waals surface area contributed by atoms with Gasteiger partial charge in [-0.15, -0.1) is 0 Å². The minimum atomic E-state index is -0.878. The van der Waals surface area contributed by atoms with E-state index in [1.54, 1.807) is 0 Å². The number of hydroxylamine groups is 8. The Morgan fingerprint density at radius 3 is 1.36 bits per heavy atom. The first-order valence-electron chi connectivity index (χ1n) is 8.02. The molecular formula is C14H24N2O6. The Balaban J connectivity index is 1.56. The summed E-state index contributed by atoms with van der Waals surface area (Å²) >= 11 is 0. The molecule has 2 rings (SSSR count). The standard InChI is InChI=1S/C14H24N2O6/c17-13(21-15(19)9-3-4-10-15)7-1-2-8-14(18)22-16(20)11-5-6-12-16/h1-12H2. The van der Waals surface area contributed by atoms with Crippen LogP contribution in [0.3, 0.4) is 0 Å². The Bertz CT molecular complexity index is 364. The summed E-state index contributed by atoms with van der Waals surface area (Å²) in [5.41, 5.74) is 0. The van der Waals surface area contributed by atoms with Crippen molar-refractivity contribution in [3.63, 3.8) is 0 Å². The van der Waals surface area contributed by atoms with Gasteiger partial charge in [-0.2, -0.15) is 9.62 Å². The molecule has 2 aliphatic heterocycles. The van der Waals surface area contributed by atoms with Crippen molar-refractivity contribution in [1.29, 1.82) is 0 Å². The van der Waals surface area contributed by atoms with Gasteiger partial charge < -0.3 is 10.4 Å². The second kappa shape index (κ2) is 7.36. The second-order valence-corrected chi connectivity index (χ2v) is 6.07. The first-order valence-corrected chi connectivity index (χ1v) is 8.02. The van der Waals surface area contributed by atoms with Crippen LogP contribution in [-0.4, -0.2) is 47.7 Å². The zero-order chi connectivity index (χ0) is 16.1. The maximum Gasteiger partial charge on any atom is 0.367 e. The van der Waals surface area contributed by atoms with Crippen molar-refractivity contribution >= 4 is 11.9 Å². The third kappa shape index (κ3) is 5.20. The molecule has 2 saturated heterocycles. The summed E-state index contributed by atoms with van der Waals surface area (Å²) in [7, 11) is 0. The molecule has 0 atom stereocenters. The monoisotopic (exact) mass is 316 g/mol. The third-order valence-corrected chi connectivity index (χ3v) is 4.04. The number of rotatable bonds is 7. The van der Waals surface area contributed by atoms with E-state index in [1.807, 2.05) is 0 Å². The molecule has 0 N–H and O–H groups in total. The molecule has 22 heavy (non-hydrogen) atoms. The molecule has 2 aliphatic rings. The van der Waals surface area contributed by atoms with Crippen LogP contribution in [0.1, 0.15) is 51.4 Å². The highest BCUT2D eigenvalue weighted by Gasteiger charge is 2.29. The molecule has 0 bridgehead atoms. The molecule has 0 aromatic rings. The van der Waals surface area contributed by atoms with Crippen molar-refractivity contribution in [2.24, 2.45) is 0 Å². The molecule has 2 fully saturated rings. The molecule has 0 saturated carbocycles. The quantitative estimate of drug-likeness (QED) is 0.402. The van der Waals surface area contributed by atoms with Crippen LogP contribution in [0, 0.1) is 10.4 Å². The van der Waals surface area contributed by atoms with Crippen LogP contribution in [0.2, 0.25) is 0 Å². The molecule has 0 aromatic carbocycles. The van der Waals surface area contributed by atoms with Crippen LogP contribution in [0.4, 0.5) is 0 Å². The Morgan fingerprint density at radius 1 is 0.727 bits per heavy atom. The van der Waals surface area contributed by atoms with Gasteiger partial charge in [-0.1, -0.05) is 0 Å². The zero-order valence-corrected chi connectivity index (χ0v) is 12.8. The van der Waals surface area contributed by atoms with Gasteiger partial charge in [0.2, 0.25) is 0 Å². The molecule has 0 aromatic heterocycles. The lowest BCUT2D eigenvalue weighted by molar-refractivity contribution is -1.04. The Kier molecular flexibility index (Phi) is 5.74. The fraction of sp³-hybridized carbons (Fsp3) is 0.857. The lowest BCUT2D eigenvalue weighted by Gasteiger charge is -2.33. The highest BCUT2D eigenvalue weighted by Crippen LogP contribution is 2.20. The SMILES string of the molecule is O=C(CCCCC(=O)O[N+]1([O-])CCCC1)O[N+]1([O-])CCCC1. The van der Waals surface area contributed by atoms with Crippen LogP contribution in [0.25, 0.3) is 0 Å². The number of carbonyl (C=O) groups is 2. The molecule has 8 nitrogen and oxygen atoms in total. The van der Waals surface area contributed by atoms with Gasteiger partial charge in [0.15, 0.2) is 0 Å². The summed E-state index contributed by atoms with van der Waals surface area (Å²) in [5.74, 6) is -1.06. The highest BCUT2D eigenvalue weighted by molar-refractivity contribution is 5.69. The summed E-state index contributed by atoms with van der Waals surface area (Å²) < 4.78 is 0. The van der Waals surface area contributed by atoms with Crippen LogP contribution in [0.15, 0.2) is 0 Å². The Hall–Kier alpha value is -1.22. The lowest BCUT2D eigenvalue weighted by Crippen LogP contribution is -2.41. The van der Waals surface area contributed by atoms with E-state index in [0.717, 1.165) is 25.7 Å². The predicted octanol–water partition coefficient (Wildman–Crippen LogP) is 1.68. The fourth-order valence-corrected chi connectivity index (χ4v) is 2.82. The summed E-state index contributed by atoms with van der Waals surface area (Å²) in [6.07, 6.45) is 4.19. The van der Waals surface area contributed by atoms with Crippen molar-refractivity contribution in [3.05, 3.63) is 10.4 Å². The maximum atomic E-state index is 11.9. The van der Waals surface area contributed by atoms with Crippen LogP contribution < -0.4 is 0 Å². The number of hydrogen-bond acceptors (Lipinski definition) is 6. The molecular weight excluding hydrogens is 292 g/mol. The highest BCUT2D eigenvalue weighted by atomic mass is 16.9. The average Bonchev–Trinajstić information content (AvgIpc) is 3.04. The fourth-order valence-electron chi connectivity index (χ4n) is 2.82. The Labute approximate surface area is 129 Å². The number of hydrogen-bond donors (Lipinski definition) is 0. The van der Waals surface area contributed by atoms with Crippen molar-refractivity contribution in [2.45, 2.75) is 51.4 Å².